The molecule has 4 nitrogen and oxygen atoms in total. The molecule has 0 aromatic carbocycles. The first-order valence-electron chi connectivity index (χ1n) is 7.70. The molecule has 120 valence electrons. The van der Waals surface area contributed by atoms with Crippen molar-refractivity contribution in [2.24, 2.45) is 17.3 Å². The van der Waals surface area contributed by atoms with Crippen LogP contribution >= 0.6 is 0 Å². The van der Waals surface area contributed by atoms with E-state index in [0.717, 1.165) is 19.3 Å². The average Bonchev–Trinajstić information content (AvgIpc) is 2.26. The van der Waals surface area contributed by atoms with Crippen molar-refractivity contribution in [2.45, 2.75) is 73.3 Å². The number of rotatable bonds is 11. The summed E-state index contributed by atoms with van der Waals surface area (Å²) in [6.45, 7) is 12.9. The van der Waals surface area contributed by atoms with Gasteiger partial charge in [-0.05, 0) is 31.1 Å². The fourth-order valence-electron chi connectivity index (χ4n) is 2.52. The number of carboxylic acids is 1. The largest absolute Gasteiger partial charge is 0.481 e. The van der Waals surface area contributed by atoms with Gasteiger partial charge in [0.1, 0.15) is 6.10 Å². The van der Waals surface area contributed by atoms with Crippen LogP contribution in [0, 0.1) is 17.3 Å². The third kappa shape index (κ3) is 8.54. The van der Waals surface area contributed by atoms with Gasteiger partial charge in [0.2, 0.25) is 0 Å². The van der Waals surface area contributed by atoms with Crippen molar-refractivity contribution in [3.63, 3.8) is 0 Å². The molecule has 0 saturated carbocycles. The second-order valence-electron chi connectivity index (χ2n) is 6.91. The molecule has 0 aliphatic carbocycles. The zero-order valence-electron chi connectivity index (χ0n) is 13.9. The van der Waals surface area contributed by atoms with Crippen LogP contribution in [0.25, 0.3) is 0 Å². The molecule has 0 saturated heterocycles. The Morgan fingerprint density at radius 1 is 1.25 bits per heavy atom. The van der Waals surface area contributed by atoms with Gasteiger partial charge in [0.25, 0.3) is 0 Å². The molecular formula is C16H32O4. The predicted molar refractivity (Wildman–Crippen MR) is 80.4 cm³/mol. The number of hydrogen-bond donors (Lipinski definition) is 1. The van der Waals surface area contributed by atoms with E-state index in [0.29, 0.717) is 18.9 Å². The van der Waals surface area contributed by atoms with Crippen molar-refractivity contribution in [3.8, 4) is 0 Å². The monoisotopic (exact) mass is 288 g/mol. The van der Waals surface area contributed by atoms with Crippen LogP contribution in [-0.4, -0.2) is 23.8 Å². The maximum atomic E-state index is 11.2. The van der Waals surface area contributed by atoms with E-state index in [2.05, 4.69) is 34.6 Å². The zero-order chi connectivity index (χ0) is 15.8. The fraction of sp³-hybridized carbons (Fsp3) is 0.938. The molecule has 0 rings (SSSR count). The van der Waals surface area contributed by atoms with Crippen LogP contribution in [0.1, 0.15) is 67.2 Å². The Hall–Kier alpha value is -0.610. The van der Waals surface area contributed by atoms with Crippen molar-refractivity contribution >= 4 is 5.97 Å². The molecule has 0 aliphatic heterocycles. The standard InChI is InChI=1S/C16H32O4/c1-7-8-9-14(15(17)18)13(4)20-19-11-16(5,6)10-12(2)3/h12-14H,7-11H2,1-6H3,(H,17,18). The highest BCUT2D eigenvalue weighted by atomic mass is 17.2. The lowest BCUT2D eigenvalue weighted by Crippen LogP contribution is -2.30. The SMILES string of the molecule is CCCCC(C(=O)O)C(C)OOCC(C)(C)CC(C)C. The minimum absolute atomic E-state index is 0.0377. The van der Waals surface area contributed by atoms with E-state index in [1.54, 1.807) is 6.92 Å². The summed E-state index contributed by atoms with van der Waals surface area (Å²) in [6, 6.07) is 0. The van der Waals surface area contributed by atoms with Crippen molar-refractivity contribution in [3.05, 3.63) is 0 Å². The van der Waals surface area contributed by atoms with E-state index in [4.69, 9.17) is 9.78 Å². The van der Waals surface area contributed by atoms with Crippen molar-refractivity contribution in [1.82, 2.24) is 0 Å². The average molecular weight is 288 g/mol. The summed E-state index contributed by atoms with van der Waals surface area (Å²) in [7, 11) is 0. The molecule has 0 fully saturated rings. The lowest BCUT2D eigenvalue weighted by atomic mass is 9.85. The van der Waals surface area contributed by atoms with Gasteiger partial charge in [-0.2, -0.15) is 0 Å². The zero-order valence-corrected chi connectivity index (χ0v) is 13.9. The minimum atomic E-state index is -0.809. The van der Waals surface area contributed by atoms with Crippen molar-refractivity contribution in [1.29, 1.82) is 0 Å². The molecule has 0 amide bonds. The van der Waals surface area contributed by atoms with E-state index >= 15 is 0 Å². The molecule has 20 heavy (non-hydrogen) atoms. The van der Waals surface area contributed by atoms with Gasteiger partial charge >= 0.3 is 5.97 Å². The van der Waals surface area contributed by atoms with Crippen molar-refractivity contribution in [2.75, 3.05) is 6.61 Å². The molecule has 0 aromatic rings. The molecule has 0 aromatic heterocycles. The van der Waals surface area contributed by atoms with E-state index in [9.17, 15) is 9.90 Å². The van der Waals surface area contributed by atoms with Gasteiger partial charge in [-0.1, -0.05) is 47.5 Å². The van der Waals surface area contributed by atoms with E-state index in [1.165, 1.54) is 0 Å². The molecule has 0 heterocycles. The van der Waals surface area contributed by atoms with Gasteiger partial charge in [0.15, 0.2) is 0 Å². The van der Waals surface area contributed by atoms with Gasteiger partial charge in [-0.25, -0.2) is 9.78 Å². The van der Waals surface area contributed by atoms with Crippen LogP contribution in [0.3, 0.4) is 0 Å². The van der Waals surface area contributed by atoms with E-state index in [-0.39, 0.29) is 5.41 Å². The van der Waals surface area contributed by atoms with Gasteiger partial charge in [0.05, 0.1) is 12.5 Å². The number of hydrogen-bond acceptors (Lipinski definition) is 3. The van der Waals surface area contributed by atoms with Gasteiger partial charge < -0.3 is 5.11 Å². The molecular weight excluding hydrogens is 256 g/mol. The Kier molecular flexibility index (Phi) is 9.06. The molecule has 0 bridgehead atoms. The third-order valence-corrected chi connectivity index (χ3v) is 3.38. The van der Waals surface area contributed by atoms with Crippen LogP contribution < -0.4 is 0 Å². The molecule has 0 aliphatic rings. The normalized spacial score (nSPS) is 15.3. The summed E-state index contributed by atoms with van der Waals surface area (Å²) in [4.78, 5) is 21.8. The van der Waals surface area contributed by atoms with Crippen LogP contribution in [0.5, 0.6) is 0 Å². The van der Waals surface area contributed by atoms with Gasteiger partial charge in [-0.3, -0.25) is 4.79 Å². The van der Waals surface area contributed by atoms with Crippen LogP contribution in [-0.2, 0) is 14.6 Å². The van der Waals surface area contributed by atoms with Crippen LogP contribution in [0.4, 0.5) is 0 Å². The quantitative estimate of drug-likeness (QED) is 0.455. The van der Waals surface area contributed by atoms with E-state index in [1.807, 2.05) is 0 Å². The Morgan fingerprint density at radius 3 is 2.30 bits per heavy atom. The number of aliphatic carboxylic acids is 1. The summed E-state index contributed by atoms with van der Waals surface area (Å²) < 4.78 is 0. The number of carboxylic acid groups (broad SMARTS) is 1. The Morgan fingerprint density at radius 2 is 1.85 bits per heavy atom. The molecule has 4 heteroatoms. The summed E-state index contributed by atoms with van der Waals surface area (Å²) in [5, 5.41) is 9.21. The first-order valence-corrected chi connectivity index (χ1v) is 7.70. The molecule has 0 spiro atoms. The smallest absolute Gasteiger partial charge is 0.309 e. The van der Waals surface area contributed by atoms with Crippen LogP contribution in [0.2, 0.25) is 0 Å². The first-order chi connectivity index (χ1) is 9.19. The Bertz CT molecular complexity index is 274. The first kappa shape index (κ1) is 19.4. The molecule has 1 N–H and O–H groups in total. The second-order valence-corrected chi connectivity index (χ2v) is 6.91. The predicted octanol–water partition coefficient (Wildman–Crippen LogP) is 4.29. The van der Waals surface area contributed by atoms with Gasteiger partial charge in [0, 0.05) is 0 Å². The second kappa shape index (κ2) is 9.35. The maximum Gasteiger partial charge on any atom is 0.309 e. The lowest BCUT2D eigenvalue weighted by Gasteiger charge is -2.27. The minimum Gasteiger partial charge on any atom is -0.481 e. The molecule has 2 atom stereocenters. The fourth-order valence-corrected chi connectivity index (χ4v) is 2.52. The maximum absolute atomic E-state index is 11.2. The number of unbranched alkanes of at least 4 members (excludes halogenated alkanes) is 1. The topological polar surface area (TPSA) is 55.8 Å². The highest BCUT2D eigenvalue weighted by molar-refractivity contribution is 5.70. The van der Waals surface area contributed by atoms with E-state index < -0.39 is 18.0 Å². The third-order valence-electron chi connectivity index (χ3n) is 3.38. The Balaban J connectivity index is 4.18. The summed E-state index contributed by atoms with van der Waals surface area (Å²) in [6.07, 6.45) is 3.13. The highest BCUT2D eigenvalue weighted by Gasteiger charge is 2.27. The number of carbonyl (C=O) groups is 1. The molecule has 2 unspecified atom stereocenters. The lowest BCUT2D eigenvalue weighted by molar-refractivity contribution is -0.340. The summed E-state index contributed by atoms with van der Waals surface area (Å²) in [5.74, 6) is -0.707. The Labute approximate surface area is 123 Å². The summed E-state index contributed by atoms with van der Waals surface area (Å²) >= 11 is 0. The van der Waals surface area contributed by atoms with Crippen molar-refractivity contribution < 1.29 is 19.7 Å². The van der Waals surface area contributed by atoms with Gasteiger partial charge in [-0.15, -0.1) is 0 Å². The highest BCUT2D eigenvalue weighted by Crippen LogP contribution is 2.26. The molecule has 0 radical (unpaired) electrons. The summed E-state index contributed by atoms with van der Waals surface area (Å²) in [5.41, 5.74) is 0.0377. The van der Waals surface area contributed by atoms with Crippen LogP contribution in [0.15, 0.2) is 0 Å².